The van der Waals surface area contributed by atoms with Crippen molar-refractivity contribution in [3.63, 3.8) is 0 Å². The molecule has 6 nitrogen and oxygen atoms in total. The lowest BCUT2D eigenvalue weighted by molar-refractivity contribution is -0.121. The molecule has 1 amide bonds. The second kappa shape index (κ2) is 6.38. The van der Waals surface area contributed by atoms with Crippen molar-refractivity contribution in [2.24, 2.45) is 0 Å². The monoisotopic (exact) mass is 266 g/mol. The third-order valence-electron chi connectivity index (χ3n) is 2.90. The van der Waals surface area contributed by atoms with Gasteiger partial charge in [0.25, 0.3) is 0 Å². The maximum absolute atomic E-state index is 11.4. The molecule has 2 rings (SSSR count). The molecule has 2 N–H and O–H groups in total. The highest BCUT2D eigenvalue weighted by Crippen LogP contribution is 2.18. The van der Waals surface area contributed by atoms with Crippen molar-refractivity contribution in [2.75, 3.05) is 13.7 Å². The number of hydrogen-bond acceptors (Lipinski definition) is 5. The van der Waals surface area contributed by atoms with Gasteiger partial charge in [0.2, 0.25) is 11.7 Å². The van der Waals surface area contributed by atoms with Crippen LogP contribution in [0.5, 0.6) is 0 Å². The zero-order chi connectivity index (χ0) is 13.7. The van der Waals surface area contributed by atoms with Crippen LogP contribution < -0.4 is 10.6 Å². The minimum atomic E-state index is -0.492. The van der Waals surface area contributed by atoms with Gasteiger partial charge in [0.05, 0.1) is 13.4 Å². The van der Waals surface area contributed by atoms with Crippen molar-refractivity contribution in [1.29, 1.82) is 0 Å². The lowest BCUT2D eigenvalue weighted by atomic mass is 10.2. The van der Waals surface area contributed by atoms with Gasteiger partial charge in [-0.15, -0.1) is 0 Å². The van der Waals surface area contributed by atoms with E-state index in [1.807, 2.05) is 0 Å². The summed E-state index contributed by atoms with van der Waals surface area (Å²) < 4.78 is 9.67. The first-order valence-corrected chi connectivity index (χ1v) is 6.35. The van der Waals surface area contributed by atoms with Gasteiger partial charge in [-0.3, -0.25) is 4.79 Å². The molecule has 1 saturated carbocycles. The molecule has 1 heterocycles. The van der Waals surface area contributed by atoms with Crippen LogP contribution in [0, 0.1) is 0 Å². The van der Waals surface area contributed by atoms with E-state index in [9.17, 15) is 9.59 Å². The predicted molar refractivity (Wildman–Crippen MR) is 67.5 cm³/mol. The Morgan fingerprint density at radius 1 is 1.47 bits per heavy atom. The Morgan fingerprint density at radius 2 is 2.26 bits per heavy atom. The van der Waals surface area contributed by atoms with Gasteiger partial charge in [0, 0.05) is 31.1 Å². The fourth-order valence-electron chi connectivity index (χ4n) is 1.70. The summed E-state index contributed by atoms with van der Waals surface area (Å²) in [5, 5.41) is 6.02. The van der Waals surface area contributed by atoms with Crippen LogP contribution in [0.4, 0.5) is 0 Å². The van der Waals surface area contributed by atoms with Crippen LogP contribution in [0.3, 0.4) is 0 Å². The number of hydrogen-bond donors (Lipinski definition) is 2. The molecular formula is C13H18N2O4. The molecule has 0 atom stereocenters. The Morgan fingerprint density at radius 3 is 2.95 bits per heavy atom. The molecule has 104 valence electrons. The van der Waals surface area contributed by atoms with E-state index in [0.717, 1.165) is 18.4 Å². The number of amides is 1. The van der Waals surface area contributed by atoms with E-state index in [4.69, 9.17) is 4.42 Å². The van der Waals surface area contributed by atoms with Gasteiger partial charge in [-0.2, -0.15) is 0 Å². The topological polar surface area (TPSA) is 80.6 Å². The molecule has 0 spiro atoms. The summed E-state index contributed by atoms with van der Waals surface area (Å²) in [5.74, 6) is -0.221. The molecule has 0 saturated heterocycles. The molecule has 1 fully saturated rings. The number of ether oxygens (including phenoxy) is 1. The van der Waals surface area contributed by atoms with Gasteiger partial charge in [0.1, 0.15) is 0 Å². The minimum absolute atomic E-state index is 0.0652. The molecule has 1 aliphatic rings. The van der Waals surface area contributed by atoms with Crippen LogP contribution in [0.25, 0.3) is 0 Å². The van der Waals surface area contributed by atoms with Crippen LogP contribution in [-0.4, -0.2) is 31.6 Å². The summed E-state index contributed by atoms with van der Waals surface area (Å²) in [4.78, 5) is 22.8. The number of nitrogens with one attached hydrogen (secondary N) is 2. The third-order valence-corrected chi connectivity index (χ3v) is 2.90. The Kier molecular flexibility index (Phi) is 4.57. The van der Waals surface area contributed by atoms with Crippen LogP contribution in [0.15, 0.2) is 16.7 Å². The smallest absolute Gasteiger partial charge is 0.374 e. The van der Waals surface area contributed by atoms with E-state index in [-0.39, 0.29) is 11.7 Å². The minimum Gasteiger partial charge on any atom is -0.463 e. The molecule has 0 bridgehead atoms. The van der Waals surface area contributed by atoms with E-state index < -0.39 is 5.97 Å². The molecule has 0 aliphatic heterocycles. The van der Waals surface area contributed by atoms with Crippen LogP contribution >= 0.6 is 0 Å². The van der Waals surface area contributed by atoms with Crippen molar-refractivity contribution in [3.05, 3.63) is 23.7 Å². The van der Waals surface area contributed by atoms with E-state index >= 15 is 0 Å². The Balaban J connectivity index is 1.68. The van der Waals surface area contributed by atoms with Gasteiger partial charge in [0.15, 0.2) is 0 Å². The van der Waals surface area contributed by atoms with Crippen molar-refractivity contribution in [3.8, 4) is 0 Å². The number of methoxy groups -OCH3 is 1. The van der Waals surface area contributed by atoms with Crippen molar-refractivity contribution >= 4 is 11.9 Å². The fraction of sp³-hybridized carbons (Fsp3) is 0.538. The molecular weight excluding hydrogens is 248 g/mol. The van der Waals surface area contributed by atoms with E-state index in [1.165, 1.54) is 13.4 Å². The van der Waals surface area contributed by atoms with E-state index in [1.54, 1.807) is 6.07 Å². The van der Waals surface area contributed by atoms with Gasteiger partial charge in [-0.05, 0) is 18.9 Å². The third kappa shape index (κ3) is 4.10. The molecule has 1 aromatic rings. The molecule has 6 heteroatoms. The highest BCUT2D eigenvalue weighted by Gasteiger charge is 2.22. The lowest BCUT2D eigenvalue weighted by Gasteiger charge is -2.05. The first kappa shape index (κ1) is 13.6. The SMILES string of the molecule is COC(=O)c1occc1CNCCC(=O)NC1CC1. The van der Waals surface area contributed by atoms with Gasteiger partial charge < -0.3 is 19.8 Å². The van der Waals surface area contributed by atoms with Crippen molar-refractivity contribution < 1.29 is 18.7 Å². The molecule has 19 heavy (non-hydrogen) atoms. The predicted octanol–water partition coefficient (Wildman–Crippen LogP) is 0.824. The van der Waals surface area contributed by atoms with Crippen LogP contribution in [0.1, 0.15) is 35.4 Å². The quantitative estimate of drug-likeness (QED) is 0.564. The average molecular weight is 266 g/mol. The number of carbonyl (C=O) groups excluding carboxylic acids is 2. The highest BCUT2D eigenvalue weighted by atomic mass is 16.5. The second-order valence-corrected chi connectivity index (χ2v) is 4.54. The zero-order valence-corrected chi connectivity index (χ0v) is 10.9. The summed E-state index contributed by atoms with van der Waals surface area (Å²) in [7, 11) is 1.31. The van der Waals surface area contributed by atoms with Gasteiger partial charge >= 0.3 is 5.97 Å². The molecule has 0 unspecified atom stereocenters. The Labute approximate surface area is 111 Å². The Bertz CT molecular complexity index is 451. The average Bonchev–Trinajstić information content (AvgIpc) is 3.09. The molecule has 1 aromatic heterocycles. The van der Waals surface area contributed by atoms with E-state index in [0.29, 0.717) is 25.6 Å². The molecule has 0 radical (unpaired) electrons. The number of furan rings is 1. The normalized spacial score (nSPS) is 14.2. The standard InChI is InChI=1S/C13H18N2O4/c1-18-13(17)12-9(5-7-19-12)8-14-6-4-11(16)15-10-2-3-10/h5,7,10,14H,2-4,6,8H2,1H3,(H,15,16). The Hall–Kier alpha value is -1.82. The first-order valence-electron chi connectivity index (χ1n) is 6.35. The van der Waals surface area contributed by atoms with Crippen molar-refractivity contribution in [1.82, 2.24) is 10.6 Å². The highest BCUT2D eigenvalue weighted by molar-refractivity contribution is 5.87. The summed E-state index contributed by atoms with van der Waals surface area (Å²) in [6.07, 6.45) is 4.07. The maximum Gasteiger partial charge on any atom is 0.374 e. The summed E-state index contributed by atoms with van der Waals surface area (Å²) in [5.41, 5.74) is 0.731. The number of rotatable bonds is 7. The number of carbonyl (C=O) groups is 2. The van der Waals surface area contributed by atoms with Crippen LogP contribution in [-0.2, 0) is 16.1 Å². The first-order chi connectivity index (χ1) is 9.20. The second-order valence-electron chi connectivity index (χ2n) is 4.54. The number of esters is 1. The largest absolute Gasteiger partial charge is 0.463 e. The van der Waals surface area contributed by atoms with Gasteiger partial charge in [-0.25, -0.2) is 4.79 Å². The summed E-state index contributed by atoms with van der Waals surface area (Å²) >= 11 is 0. The van der Waals surface area contributed by atoms with Crippen molar-refractivity contribution in [2.45, 2.75) is 31.8 Å². The van der Waals surface area contributed by atoms with E-state index in [2.05, 4.69) is 15.4 Å². The summed E-state index contributed by atoms with van der Waals surface area (Å²) in [6.45, 7) is 1.03. The maximum atomic E-state index is 11.4. The lowest BCUT2D eigenvalue weighted by Crippen LogP contribution is -2.29. The summed E-state index contributed by atoms with van der Waals surface area (Å²) in [6, 6.07) is 2.11. The zero-order valence-electron chi connectivity index (χ0n) is 10.9. The molecule has 1 aliphatic carbocycles. The van der Waals surface area contributed by atoms with Gasteiger partial charge in [-0.1, -0.05) is 0 Å². The van der Waals surface area contributed by atoms with Crippen LogP contribution in [0.2, 0.25) is 0 Å². The fourth-order valence-corrected chi connectivity index (χ4v) is 1.70. The molecule has 0 aromatic carbocycles.